The lowest BCUT2D eigenvalue weighted by molar-refractivity contribution is -0.120. The summed E-state index contributed by atoms with van der Waals surface area (Å²) in [5.74, 6) is -0.0331. The summed E-state index contributed by atoms with van der Waals surface area (Å²) >= 11 is 4.88. The van der Waals surface area contributed by atoms with Gasteiger partial charge >= 0.3 is 0 Å². The Hall–Kier alpha value is -2.21. The minimum atomic E-state index is -0.0331. The van der Waals surface area contributed by atoms with E-state index in [9.17, 15) is 4.79 Å². The van der Waals surface area contributed by atoms with Crippen LogP contribution in [0.2, 0.25) is 0 Å². The molecule has 1 aromatic heterocycles. The van der Waals surface area contributed by atoms with Gasteiger partial charge < -0.3 is 11.1 Å². The topological polar surface area (TPSA) is 72.9 Å². The SMILES string of the molecule is Cn1nccc1CNC(=O)Cc1ccc(C(N)=S)cc1. The fraction of sp³-hybridized carbons (Fsp3) is 0.214. The van der Waals surface area contributed by atoms with E-state index in [0.29, 0.717) is 18.0 Å². The van der Waals surface area contributed by atoms with Gasteiger partial charge in [0.25, 0.3) is 0 Å². The predicted octanol–water partition coefficient (Wildman–Crippen LogP) is 0.913. The Morgan fingerprint density at radius 3 is 2.60 bits per heavy atom. The van der Waals surface area contributed by atoms with E-state index in [2.05, 4.69) is 10.4 Å². The number of nitrogens with zero attached hydrogens (tertiary/aromatic N) is 2. The van der Waals surface area contributed by atoms with E-state index >= 15 is 0 Å². The molecule has 104 valence electrons. The number of rotatable bonds is 5. The number of thiocarbonyl (C=S) groups is 1. The van der Waals surface area contributed by atoms with E-state index in [-0.39, 0.29) is 5.91 Å². The van der Waals surface area contributed by atoms with E-state index in [4.69, 9.17) is 18.0 Å². The van der Waals surface area contributed by atoms with Crippen molar-refractivity contribution in [3.05, 3.63) is 53.3 Å². The number of aromatic nitrogens is 2. The zero-order valence-corrected chi connectivity index (χ0v) is 12.0. The molecule has 0 atom stereocenters. The number of nitrogens with one attached hydrogen (secondary N) is 1. The van der Waals surface area contributed by atoms with Gasteiger partial charge in [-0.3, -0.25) is 9.48 Å². The van der Waals surface area contributed by atoms with Crippen LogP contribution in [-0.4, -0.2) is 20.7 Å². The first-order valence-corrected chi connectivity index (χ1v) is 6.59. The van der Waals surface area contributed by atoms with Gasteiger partial charge in [-0.05, 0) is 11.6 Å². The van der Waals surface area contributed by atoms with Gasteiger partial charge in [-0.1, -0.05) is 36.5 Å². The maximum Gasteiger partial charge on any atom is 0.224 e. The van der Waals surface area contributed by atoms with Crippen LogP contribution >= 0.6 is 12.2 Å². The number of nitrogens with two attached hydrogens (primary N) is 1. The van der Waals surface area contributed by atoms with E-state index < -0.39 is 0 Å². The first-order chi connectivity index (χ1) is 9.56. The van der Waals surface area contributed by atoms with Gasteiger partial charge in [-0.15, -0.1) is 0 Å². The number of hydrogen-bond donors (Lipinski definition) is 2. The average Bonchev–Trinajstić information content (AvgIpc) is 2.82. The van der Waals surface area contributed by atoms with E-state index in [1.54, 1.807) is 10.9 Å². The lowest BCUT2D eigenvalue weighted by Gasteiger charge is -2.06. The maximum absolute atomic E-state index is 11.8. The van der Waals surface area contributed by atoms with Crippen molar-refractivity contribution in [2.75, 3.05) is 0 Å². The van der Waals surface area contributed by atoms with Crippen molar-refractivity contribution < 1.29 is 4.79 Å². The Bertz CT molecular complexity index is 618. The second-order valence-electron chi connectivity index (χ2n) is 4.46. The lowest BCUT2D eigenvalue weighted by atomic mass is 10.1. The first-order valence-electron chi connectivity index (χ1n) is 6.18. The van der Waals surface area contributed by atoms with Crippen LogP contribution < -0.4 is 11.1 Å². The van der Waals surface area contributed by atoms with E-state index in [0.717, 1.165) is 16.8 Å². The molecule has 3 N–H and O–H groups in total. The molecule has 1 heterocycles. The average molecular weight is 288 g/mol. The van der Waals surface area contributed by atoms with Crippen molar-refractivity contribution >= 4 is 23.1 Å². The summed E-state index contributed by atoms with van der Waals surface area (Å²) in [7, 11) is 1.84. The van der Waals surface area contributed by atoms with Crippen LogP contribution in [0.25, 0.3) is 0 Å². The summed E-state index contributed by atoms with van der Waals surface area (Å²) in [6.07, 6.45) is 2.03. The number of aryl methyl sites for hydroxylation is 1. The molecule has 0 aliphatic heterocycles. The van der Waals surface area contributed by atoms with Gasteiger partial charge in [0.2, 0.25) is 5.91 Å². The number of benzene rings is 1. The second kappa shape index (κ2) is 6.29. The molecule has 1 aromatic carbocycles. The summed E-state index contributed by atoms with van der Waals surface area (Å²) in [6.45, 7) is 0.473. The first kappa shape index (κ1) is 14.2. The maximum atomic E-state index is 11.8. The third kappa shape index (κ3) is 3.64. The molecule has 6 heteroatoms. The molecule has 2 rings (SSSR count). The molecule has 0 bridgehead atoms. The van der Waals surface area contributed by atoms with Gasteiger partial charge in [-0.25, -0.2) is 0 Å². The number of amides is 1. The van der Waals surface area contributed by atoms with Crippen molar-refractivity contribution in [3.8, 4) is 0 Å². The quantitative estimate of drug-likeness (QED) is 0.802. The number of hydrogen-bond acceptors (Lipinski definition) is 3. The Kier molecular flexibility index (Phi) is 4.47. The van der Waals surface area contributed by atoms with Crippen LogP contribution in [0.3, 0.4) is 0 Å². The molecule has 20 heavy (non-hydrogen) atoms. The lowest BCUT2D eigenvalue weighted by Crippen LogP contribution is -2.25. The van der Waals surface area contributed by atoms with Crippen LogP contribution in [0.5, 0.6) is 0 Å². The molecule has 1 amide bonds. The molecule has 0 fully saturated rings. The van der Waals surface area contributed by atoms with Crippen molar-refractivity contribution in [2.45, 2.75) is 13.0 Å². The van der Waals surface area contributed by atoms with Crippen LogP contribution in [0.1, 0.15) is 16.8 Å². The molecule has 0 saturated carbocycles. The summed E-state index contributed by atoms with van der Waals surface area (Å²) in [5.41, 5.74) is 8.21. The second-order valence-corrected chi connectivity index (χ2v) is 4.90. The highest BCUT2D eigenvalue weighted by Crippen LogP contribution is 2.05. The van der Waals surface area contributed by atoms with Gasteiger partial charge in [-0.2, -0.15) is 5.10 Å². The van der Waals surface area contributed by atoms with Crippen molar-refractivity contribution in [3.63, 3.8) is 0 Å². The van der Waals surface area contributed by atoms with E-state index in [1.807, 2.05) is 37.4 Å². The molecular weight excluding hydrogens is 272 g/mol. The summed E-state index contributed by atoms with van der Waals surface area (Å²) in [5, 5.41) is 6.91. The Balaban J connectivity index is 1.88. The van der Waals surface area contributed by atoms with Gasteiger partial charge in [0.1, 0.15) is 4.99 Å². The molecule has 2 aromatic rings. The normalized spacial score (nSPS) is 10.2. The smallest absolute Gasteiger partial charge is 0.224 e. The molecule has 5 nitrogen and oxygen atoms in total. The molecule has 0 aliphatic carbocycles. The highest BCUT2D eigenvalue weighted by molar-refractivity contribution is 7.80. The van der Waals surface area contributed by atoms with E-state index in [1.165, 1.54) is 0 Å². The van der Waals surface area contributed by atoms with Gasteiger partial charge in [0.15, 0.2) is 0 Å². The van der Waals surface area contributed by atoms with Crippen molar-refractivity contribution in [1.29, 1.82) is 0 Å². The molecule has 0 aliphatic rings. The highest BCUT2D eigenvalue weighted by Gasteiger charge is 2.05. The van der Waals surface area contributed by atoms with Gasteiger partial charge in [0, 0.05) is 18.8 Å². The number of carbonyl (C=O) groups is 1. The highest BCUT2D eigenvalue weighted by atomic mass is 32.1. The van der Waals surface area contributed by atoms with Crippen LogP contribution in [0, 0.1) is 0 Å². The Morgan fingerprint density at radius 1 is 1.35 bits per heavy atom. The largest absolute Gasteiger partial charge is 0.389 e. The third-order valence-electron chi connectivity index (χ3n) is 2.99. The van der Waals surface area contributed by atoms with Crippen LogP contribution in [0.4, 0.5) is 0 Å². The van der Waals surface area contributed by atoms with Crippen LogP contribution in [-0.2, 0) is 24.8 Å². The fourth-order valence-electron chi connectivity index (χ4n) is 1.80. The standard InChI is InChI=1S/C14H16N4OS/c1-18-12(6-7-17-18)9-16-13(19)8-10-2-4-11(5-3-10)14(15)20/h2-7H,8-9H2,1H3,(H2,15,20)(H,16,19). The summed E-state index contributed by atoms with van der Waals surface area (Å²) < 4.78 is 1.73. The molecule has 0 saturated heterocycles. The minimum absolute atomic E-state index is 0.0331. The minimum Gasteiger partial charge on any atom is -0.389 e. The zero-order chi connectivity index (χ0) is 14.5. The van der Waals surface area contributed by atoms with Crippen LogP contribution in [0.15, 0.2) is 36.5 Å². The Labute approximate surface area is 122 Å². The Morgan fingerprint density at radius 2 is 2.05 bits per heavy atom. The zero-order valence-electron chi connectivity index (χ0n) is 11.2. The summed E-state index contributed by atoms with van der Waals surface area (Å²) in [4.78, 5) is 12.2. The third-order valence-corrected chi connectivity index (χ3v) is 3.23. The summed E-state index contributed by atoms with van der Waals surface area (Å²) in [6, 6.07) is 9.24. The van der Waals surface area contributed by atoms with Crippen molar-refractivity contribution in [2.24, 2.45) is 12.8 Å². The molecule has 0 spiro atoms. The molecule has 0 radical (unpaired) electrons. The monoisotopic (exact) mass is 288 g/mol. The van der Waals surface area contributed by atoms with Gasteiger partial charge in [0.05, 0.1) is 18.7 Å². The number of carbonyl (C=O) groups excluding carboxylic acids is 1. The molecule has 0 unspecified atom stereocenters. The fourth-order valence-corrected chi connectivity index (χ4v) is 1.93. The predicted molar refractivity (Wildman–Crippen MR) is 81.1 cm³/mol. The van der Waals surface area contributed by atoms with Crippen molar-refractivity contribution in [1.82, 2.24) is 15.1 Å². The molecular formula is C14H16N4OS.